The van der Waals surface area contributed by atoms with Gasteiger partial charge in [-0.15, -0.1) is 0 Å². The fourth-order valence-electron chi connectivity index (χ4n) is 3.23. The zero-order valence-electron chi connectivity index (χ0n) is 20.6. The summed E-state index contributed by atoms with van der Waals surface area (Å²) in [6.07, 6.45) is 29.8. The predicted molar refractivity (Wildman–Crippen MR) is 139 cm³/mol. The van der Waals surface area contributed by atoms with Gasteiger partial charge in [-0.05, 0) is 24.3 Å². The Morgan fingerprint density at radius 3 is 2.00 bits per heavy atom. The predicted octanol–water partition coefficient (Wildman–Crippen LogP) is 8.81. The van der Waals surface area contributed by atoms with Crippen molar-refractivity contribution in [3.8, 4) is 5.75 Å². The highest BCUT2D eigenvalue weighted by atomic mass is 16.5. The molecule has 0 amide bonds. The lowest BCUT2D eigenvalue weighted by Crippen LogP contribution is -2.15. The molecule has 0 aliphatic heterocycles. The van der Waals surface area contributed by atoms with E-state index in [9.17, 15) is 4.79 Å². The molecule has 32 heavy (non-hydrogen) atoms. The maximum atomic E-state index is 12.1. The Morgan fingerprint density at radius 2 is 1.34 bits per heavy atom. The number of para-hydroxylation sites is 1. The Morgan fingerprint density at radius 1 is 0.781 bits per heavy atom. The molecule has 0 bridgehead atoms. The number of allylic oxidation sites excluding steroid dienone is 9. The standard InChI is InChI=1S/C30H42O2/c1-5-6-7-8-9-10-11-12-13-14-15-16-17-18-19-20-21-26-29(31)32-28-25-23-22-24-27(28)30(2,3)4/h13-26H,5-12H2,1-4H3/b14-13-,16-15-,18-17+,20-19-,26-21+. The molecule has 0 spiro atoms. The summed E-state index contributed by atoms with van der Waals surface area (Å²) in [4.78, 5) is 12.1. The van der Waals surface area contributed by atoms with Gasteiger partial charge in [0.2, 0.25) is 0 Å². The summed E-state index contributed by atoms with van der Waals surface area (Å²) >= 11 is 0. The van der Waals surface area contributed by atoms with Gasteiger partial charge in [0, 0.05) is 11.6 Å². The van der Waals surface area contributed by atoms with Gasteiger partial charge in [0.1, 0.15) is 5.75 Å². The first kappa shape index (κ1) is 27.4. The molecular formula is C30H42O2. The molecular weight excluding hydrogens is 392 g/mol. The molecule has 0 unspecified atom stereocenters. The quantitative estimate of drug-likeness (QED) is 0.0961. The van der Waals surface area contributed by atoms with Crippen LogP contribution in [0, 0.1) is 0 Å². The first-order valence-electron chi connectivity index (χ1n) is 12.1. The lowest BCUT2D eigenvalue weighted by atomic mass is 9.86. The van der Waals surface area contributed by atoms with Crippen LogP contribution in [0.3, 0.4) is 0 Å². The van der Waals surface area contributed by atoms with Crippen LogP contribution in [0.15, 0.2) is 85.0 Å². The highest BCUT2D eigenvalue weighted by Crippen LogP contribution is 2.31. The Hall–Kier alpha value is -2.61. The van der Waals surface area contributed by atoms with Crippen molar-refractivity contribution in [3.05, 3.63) is 90.6 Å². The molecule has 2 nitrogen and oxygen atoms in total. The van der Waals surface area contributed by atoms with Gasteiger partial charge < -0.3 is 4.74 Å². The Kier molecular flexibility index (Phi) is 14.6. The number of rotatable bonds is 14. The van der Waals surface area contributed by atoms with Crippen molar-refractivity contribution < 1.29 is 9.53 Å². The molecule has 0 aliphatic rings. The zero-order valence-corrected chi connectivity index (χ0v) is 20.6. The van der Waals surface area contributed by atoms with Crippen molar-refractivity contribution in [2.45, 2.75) is 84.5 Å². The molecule has 0 N–H and O–H groups in total. The van der Waals surface area contributed by atoms with Crippen molar-refractivity contribution in [2.75, 3.05) is 0 Å². The Bertz CT molecular complexity index is 785. The van der Waals surface area contributed by atoms with E-state index in [1.54, 1.807) is 6.08 Å². The molecule has 0 atom stereocenters. The van der Waals surface area contributed by atoms with E-state index in [4.69, 9.17) is 4.74 Å². The largest absolute Gasteiger partial charge is 0.423 e. The van der Waals surface area contributed by atoms with E-state index in [2.05, 4.69) is 39.8 Å². The fraction of sp³-hybridized carbons (Fsp3) is 0.433. The summed E-state index contributed by atoms with van der Waals surface area (Å²) in [5.74, 6) is 0.241. The van der Waals surface area contributed by atoms with Crippen molar-refractivity contribution >= 4 is 5.97 Å². The lowest BCUT2D eigenvalue weighted by molar-refractivity contribution is -0.129. The third-order valence-electron chi connectivity index (χ3n) is 5.03. The van der Waals surface area contributed by atoms with Crippen LogP contribution in [0.1, 0.15) is 84.6 Å². The average molecular weight is 435 g/mol. The molecule has 2 heteroatoms. The van der Waals surface area contributed by atoms with Crippen LogP contribution < -0.4 is 4.74 Å². The first-order chi connectivity index (χ1) is 15.4. The fourth-order valence-corrected chi connectivity index (χ4v) is 3.23. The number of carbonyl (C=O) groups excluding carboxylic acids is 1. The molecule has 0 heterocycles. The Balaban J connectivity index is 2.24. The highest BCUT2D eigenvalue weighted by Gasteiger charge is 2.19. The van der Waals surface area contributed by atoms with Crippen LogP contribution in [0.2, 0.25) is 0 Å². The van der Waals surface area contributed by atoms with Gasteiger partial charge in [0.25, 0.3) is 0 Å². The van der Waals surface area contributed by atoms with E-state index in [0.717, 1.165) is 12.0 Å². The normalized spacial score (nSPS) is 12.9. The van der Waals surface area contributed by atoms with E-state index in [-0.39, 0.29) is 11.4 Å². The van der Waals surface area contributed by atoms with Gasteiger partial charge in [-0.1, -0.05) is 139 Å². The second-order valence-corrected chi connectivity index (χ2v) is 9.02. The molecule has 174 valence electrons. The molecule has 0 aliphatic carbocycles. The molecule has 0 fully saturated rings. The van der Waals surface area contributed by atoms with Gasteiger partial charge in [-0.2, -0.15) is 0 Å². The maximum Gasteiger partial charge on any atom is 0.336 e. The maximum absolute atomic E-state index is 12.1. The summed E-state index contributed by atoms with van der Waals surface area (Å²) in [7, 11) is 0. The molecule has 1 aromatic carbocycles. The third-order valence-corrected chi connectivity index (χ3v) is 5.03. The lowest BCUT2D eigenvalue weighted by Gasteiger charge is -2.21. The third kappa shape index (κ3) is 13.6. The second-order valence-electron chi connectivity index (χ2n) is 9.02. The summed E-state index contributed by atoms with van der Waals surface area (Å²) in [6, 6.07) is 7.67. The molecule has 0 saturated heterocycles. The molecule has 0 aromatic heterocycles. The summed E-state index contributed by atoms with van der Waals surface area (Å²) < 4.78 is 5.50. The minimum absolute atomic E-state index is 0.0815. The van der Waals surface area contributed by atoms with E-state index in [1.165, 1.54) is 51.0 Å². The number of benzene rings is 1. The van der Waals surface area contributed by atoms with Gasteiger partial charge in [0.15, 0.2) is 0 Å². The number of hydrogen-bond acceptors (Lipinski definition) is 2. The second kappa shape index (κ2) is 17.0. The molecule has 1 rings (SSSR count). The van der Waals surface area contributed by atoms with Crippen LogP contribution in [0.5, 0.6) is 5.75 Å². The topological polar surface area (TPSA) is 26.3 Å². The van der Waals surface area contributed by atoms with Crippen molar-refractivity contribution in [3.63, 3.8) is 0 Å². The number of esters is 1. The minimum Gasteiger partial charge on any atom is -0.423 e. The van der Waals surface area contributed by atoms with E-state index in [1.807, 2.05) is 60.7 Å². The summed E-state index contributed by atoms with van der Waals surface area (Å²) in [5.41, 5.74) is 0.936. The first-order valence-corrected chi connectivity index (χ1v) is 12.1. The van der Waals surface area contributed by atoms with Crippen LogP contribution in [0.25, 0.3) is 0 Å². The van der Waals surface area contributed by atoms with Crippen molar-refractivity contribution in [2.24, 2.45) is 0 Å². The van der Waals surface area contributed by atoms with Gasteiger partial charge >= 0.3 is 5.97 Å². The van der Waals surface area contributed by atoms with Crippen LogP contribution in [0.4, 0.5) is 0 Å². The summed E-state index contributed by atoms with van der Waals surface area (Å²) in [6.45, 7) is 8.57. The number of hydrogen-bond donors (Lipinski definition) is 0. The van der Waals surface area contributed by atoms with Crippen LogP contribution in [-0.2, 0) is 10.2 Å². The molecule has 0 saturated carbocycles. The highest BCUT2D eigenvalue weighted by molar-refractivity contribution is 5.84. The average Bonchev–Trinajstić information content (AvgIpc) is 2.75. The van der Waals surface area contributed by atoms with Gasteiger partial charge in [-0.25, -0.2) is 4.79 Å². The SMILES string of the molecule is CCCCCCCCC\C=C/C=C\C=C\C=C/C=C/C(=O)Oc1ccccc1C(C)(C)C. The van der Waals surface area contributed by atoms with Crippen LogP contribution in [-0.4, -0.2) is 5.97 Å². The van der Waals surface area contributed by atoms with Crippen LogP contribution >= 0.6 is 0 Å². The Labute approximate surface area is 196 Å². The van der Waals surface area contributed by atoms with Crippen molar-refractivity contribution in [1.29, 1.82) is 0 Å². The zero-order chi connectivity index (χ0) is 23.5. The number of ether oxygens (including phenoxy) is 1. The molecule has 0 radical (unpaired) electrons. The minimum atomic E-state index is -0.374. The number of carbonyl (C=O) groups is 1. The monoisotopic (exact) mass is 434 g/mol. The van der Waals surface area contributed by atoms with E-state index in [0.29, 0.717) is 5.75 Å². The smallest absolute Gasteiger partial charge is 0.336 e. The molecule has 1 aromatic rings. The van der Waals surface area contributed by atoms with E-state index < -0.39 is 0 Å². The summed E-state index contributed by atoms with van der Waals surface area (Å²) in [5, 5.41) is 0. The van der Waals surface area contributed by atoms with Gasteiger partial charge in [-0.3, -0.25) is 0 Å². The number of unbranched alkanes of at least 4 members (excludes halogenated alkanes) is 7. The van der Waals surface area contributed by atoms with Crippen molar-refractivity contribution in [1.82, 2.24) is 0 Å². The van der Waals surface area contributed by atoms with E-state index >= 15 is 0 Å². The van der Waals surface area contributed by atoms with Gasteiger partial charge in [0.05, 0.1) is 0 Å².